The van der Waals surface area contributed by atoms with Gasteiger partial charge >= 0.3 is 5.97 Å². The van der Waals surface area contributed by atoms with Crippen LogP contribution in [0.3, 0.4) is 0 Å². The first-order chi connectivity index (χ1) is 7.00. The Balaban J connectivity index is 2.87. The summed E-state index contributed by atoms with van der Waals surface area (Å²) in [5.74, 6) is -0.993. The van der Waals surface area contributed by atoms with Gasteiger partial charge in [0.05, 0.1) is 15.5 Å². The first-order valence-electron chi connectivity index (χ1n) is 3.79. The van der Waals surface area contributed by atoms with Crippen LogP contribution in [-0.2, 0) is 4.79 Å². The number of carboxylic acid groups (broad SMARTS) is 1. The zero-order chi connectivity index (χ0) is 11.4. The maximum absolute atomic E-state index is 10.5. The molecule has 6 nitrogen and oxygen atoms in total. The molecule has 1 aromatic carbocycles. The monoisotopic (exact) mass is 275 g/mol. The molecular weight excluding hydrogens is 270 g/mol. The summed E-state index contributed by atoms with van der Waals surface area (Å²) in [5.41, 5.74) is -0.169. The van der Waals surface area contributed by atoms with Crippen molar-refractivity contribution in [1.29, 1.82) is 0 Å². The van der Waals surface area contributed by atoms with Crippen molar-refractivity contribution < 1.29 is 19.6 Å². The van der Waals surface area contributed by atoms with Crippen molar-refractivity contribution in [2.75, 3.05) is 6.61 Å². The molecule has 1 N–H and O–H groups in total. The van der Waals surface area contributed by atoms with Crippen molar-refractivity contribution in [1.82, 2.24) is 0 Å². The molecule has 0 aromatic heterocycles. The van der Waals surface area contributed by atoms with Gasteiger partial charge in [0.15, 0.2) is 6.61 Å². The lowest BCUT2D eigenvalue weighted by atomic mass is 10.3. The van der Waals surface area contributed by atoms with E-state index in [2.05, 4.69) is 15.9 Å². The molecule has 80 valence electrons. The number of carboxylic acids is 1. The minimum absolute atomic E-state index is 0.146. The van der Waals surface area contributed by atoms with Gasteiger partial charge < -0.3 is 9.84 Å². The molecule has 0 aliphatic heterocycles. The van der Waals surface area contributed by atoms with Crippen molar-refractivity contribution in [2.24, 2.45) is 0 Å². The van der Waals surface area contributed by atoms with E-state index in [1.165, 1.54) is 12.1 Å². The topological polar surface area (TPSA) is 89.7 Å². The smallest absolute Gasteiger partial charge is 0.341 e. The van der Waals surface area contributed by atoms with Gasteiger partial charge in [-0.05, 0) is 28.1 Å². The van der Waals surface area contributed by atoms with E-state index in [0.29, 0.717) is 4.47 Å². The molecule has 0 bridgehead atoms. The number of hydrogen-bond donors (Lipinski definition) is 1. The Morgan fingerprint density at radius 2 is 2.27 bits per heavy atom. The van der Waals surface area contributed by atoms with Crippen LogP contribution in [0.25, 0.3) is 0 Å². The van der Waals surface area contributed by atoms with Crippen LogP contribution in [0.4, 0.5) is 5.69 Å². The number of carbonyl (C=O) groups is 1. The van der Waals surface area contributed by atoms with Crippen LogP contribution in [0.5, 0.6) is 5.75 Å². The normalized spacial score (nSPS) is 9.67. The molecule has 0 aliphatic rings. The van der Waals surface area contributed by atoms with E-state index in [0.717, 1.165) is 6.07 Å². The van der Waals surface area contributed by atoms with E-state index in [1.54, 1.807) is 0 Å². The van der Waals surface area contributed by atoms with Crippen LogP contribution in [-0.4, -0.2) is 22.6 Å². The van der Waals surface area contributed by atoms with Gasteiger partial charge in [0.1, 0.15) is 5.75 Å². The molecule has 0 heterocycles. The maximum atomic E-state index is 10.5. The zero-order valence-electron chi connectivity index (χ0n) is 7.34. The van der Waals surface area contributed by atoms with E-state index in [9.17, 15) is 14.9 Å². The number of nitro benzene ring substituents is 1. The number of hydrogen-bond acceptors (Lipinski definition) is 4. The van der Waals surface area contributed by atoms with Gasteiger partial charge in [0, 0.05) is 0 Å². The number of ether oxygens (including phenoxy) is 1. The van der Waals surface area contributed by atoms with Crippen LogP contribution in [0, 0.1) is 10.1 Å². The van der Waals surface area contributed by atoms with Gasteiger partial charge in [-0.25, -0.2) is 4.79 Å². The van der Waals surface area contributed by atoms with Crippen molar-refractivity contribution in [3.8, 4) is 5.75 Å². The molecule has 0 atom stereocenters. The quantitative estimate of drug-likeness (QED) is 0.669. The molecule has 15 heavy (non-hydrogen) atoms. The summed E-state index contributed by atoms with van der Waals surface area (Å²) in [6.45, 7) is -0.529. The second-order valence-electron chi connectivity index (χ2n) is 2.55. The van der Waals surface area contributed by atoms with Crippen LogP contribution < -0.4 is 4.74 Å². The van der Waals surface area contributed by atoms with Crippen molar-refractivity contribution in [3.63, 3.8) is 0 Å². The number of nitrogens with zero attached hydrogens (tertiary/aromatic N) is 1. The third-order valence-corrected chi connectivity index (χ3v) is 2.15. The number of aliphatic carboxylic acids is 1. The van der Waals surface area contributed by atoms with Crippen LogP contribution in [0.15, 0.2) is 22.7 Å². The Labute approximate surface area is 92.8 Å². The Hall–Kier alpha value is -1.63. The predicted molar refractivity (Wildman–Crippen MR) is 53.9 cm³/mol. The lowest BCUT2D eigenvalue weighted by Gasteiger charge is -2.03. The molecule has 7 heteroatoms. The average molecular weight is 276 g/mol. The van der Waals surface area contributed by atoms with E-state index in [1.807, 2.05) is 0 Å². The summed E-state index contributed by atoms with van der Waals surface area (Å²) in [6, 6.07) is 4.03. The van der Waals surface area contributed by atoms with Gasteiger partial charge in [0.2, 0.25) is 0 Å². The summed E-state index contributed by atoms with van der Waals surface area (Å²) in [4.78, 5) is 20.1. The molecule has 0 saturated heterocycles. The number of benzene rings is 1. The van der Waals surface area contributed by atoms with Gasteiger partial charge in [-0.1, -0.05) is 0 Å². The fraction of sp³-hybridized carbons (Fsp3) is 0.125. The first-order valence-corrected chi connectivity index (χ1v) is 4.58. The highest BCUT2D eigenvalue weighted by Crippen LogP contribution is 2.28. The highest BCUT2D eigenvalue weighted by molar-refractivity contribution is 9.10. The van der Waals surface area contributed by atoms with Gasteiger partial charge in [-0.3, -0.25) is 10.1 Å². The summed E-state index contributed by atoms with van der Waals surface area (Å²) in [7, 11) is 0. The minimum Gasteiger partial charge on any atom is -0.482 e. The maximum Gasteiger partial charge on any atom is 0.341 e. The van der Waals surface area contributed by atoms with E-state index in [4.69, 9.17) is 9.84 Å². The number of nitro groups is 1. The molecule has 1 aromatic rings. The largest absolute Gasteiger partial charge is 0.482 e. The lowest BCUT2D eigenvalue weighted by Crippen LogP contribution is -2.09. The van der Waals surface area contributed by atoms with Gasteiger partial charge in [-0.2, -0.15) is 0 Å². The third kappa shape index (κ3) is 3.21. The van der Waals surface area contributed by atoms with Crippen molar-refractivity contribution >= 4 is 27.6 Å². The van der Waals surface area contributed by atoms with E-state index >= 15 is 0 Å². The van der Waals surface area contributed by atoms with Crippen LogP contribution in [0.1, 0.15) is 0 Å². The van der Waals surface area contributed by atoms with E-state index in [-0.39, 0.29) is 11.4 Å². The summed E-state index contributed by atoms with van der Waals surface area (Å²) >= 11 is 3.00. The molecule has 0 unspecified atom stereocenters. The van der Waals surface area contributed by atoms with Crippen LogP contribution >= 0.6 is 15.9 Å². The molecule has 0 fully saturated rings. The predicted octanol–water partition coefficient (Wildman–Crippen LogP) is 1.82. The summed E-state index contributed by atoms with van der Waals surface area (Å²) in [5, 5.41) is 18.9. The summed E-state index contributed by atoms with van der Waals surface area (Å²) in [6.07, 6.45) is 0. The SMILES string of the molecule is O=C(O)COc1ccc(Br)c([N+](=O)[O-])c1. The van der Waals surface area contributed by atoms with Gasteiger partial charge in [-0.15, -0.1) is 0 Å². The highest BCUT2D eigenvalue weighted by Gasteiger charge is 2.13. The minimum atomic E-state index is -1.14. The second-order valence-corrected chi connectivity index (χ2v) is 3.41. The van der Waals surface area contributed by atoms with Gasteiger partial charge in [0.25, 0.3) is 5.69 Å². The van der Waals surface area contributed by atoms with Crippen molar-refractivity contribution in [3.05, 3.63) is 32.8 Å². The second kappa shape index (κ2) is 4.74. The highest BCUT2D eigenvalue weighted by atomic mass is 79.9. The number of rotatable bonds is 4. The first kappa shape index (κ1) is 11.4. The van der Waals surface area contributed by atoms with Crippen LogP contribution in [0.2, 0.25) is 0 Å². The van der Waals surface area contributed by atoms with Crippen molar-refractivity contribution in [2.45, 2.75) is 0 Å². The molecule has 0 aliphatic carbocycles. The number of halogens is 1. The Kier molecular flexibility index (Phi) is 3.62. The Morgan fingerprint density at radius 3 is 2.80 bits per heavy atom. The zero-order valence-corrected chi connectivity index (χ0v) is 8.93. The molecule has 0 saturated carbocycles. The Bertz CT molecular complexity index is 406. The van der Waals surface area contributed by atoms with E-state index < -0.39 is 17.5 Å². The molecule has 1 rings (SSSR count). The molecule has 0 spiro atoms. The molecule has 0 amide bonds. The molecular formula is C8H6BrNO5. The lowest BCUT2D eigenvalue weighted by molar-refractivity contribution is -0.385. The third-order valence-electron chi connectivity index (χ3n) is 1.48. The fourth-order valence-electron chi connectivity index (χ4n) is 0.867. The summed E-state index contributed by atoms with van der Waals surface area (Å²) < 4.78 is 5.10. The fourth-order valence-corrected chi connectivity index (χ4v) is 1.26. The molecule has 0 radical (unpaired) electrons. The standard InChI is InChI=1S/C8H6BrNO5/c9-6-2-1-5(15-4-8(11)12)3-7(6)10(13)14/h1-3H,4H2,(H,11,12). The average Bonchev–Trinajstić information content (AvgIpc) is 2.16. The Morgan fingerprint density at radius 1 is 1.60 bits per heavy atom.